The number of halogens is 1. The molecule has 1 N–H and O–H groups in total. The van der Waals surface area contributed by atoms with E-state index in [4.69, 9.17) is 16.7 Å². The second-order valence-electron chi connectivity index (χ2n) is 3.32. The maximum atomic E-state index is 10.9. The number of aliphatic carboxylic acids is 1. The lowest BCUT2D eigenvalue weighted by Gasteiger charge is -2.05. The van der Waals surface area contributed by atoms with Crippen molar-refractivity contribution in [2.75, 3.05) is 0 Å². The molecular weight excluding hydrogens is 216 g/mol. The highest BCUT2D eigenvalue weighted by Crippen LogP contribution is 2.19. The highest BCUT2D eigenvalue weighted by atomic mass is 35.5. The molecule has 0 radical (unpaired) electrons. The van der Waals surface area contributed by atoms with Gasteiger partial charge in [-0.25, -0.2) is 4.98 Å². The lowest BCUT2D eigenvalue weighted by atomic mass is 10.1. The number of pyridine rings is 1. The number of fused-ring (bicyclic) bond motifs is 1. The number of rotatable bonds is 2. The van der Waals surface area contributed by atoms with Gasteiger partial charge in [0.2, 0.25) is 0 Å². The molecule has 0 fully saturated rings. The average Bonchev–Trinajstić information content (AvgIpc) is 2.59. The van der Waals surface area contributed by atoms with E-state index in [0.29, 0.717) is 16.4 Å². The first-order chi connectivity index (χ1) is 7.09. The van der Waals surface area contributed by atoms with E-state index in [1.807, 2.05) is 0 Å². The Bertz CT molecular complexity index is 521. The molecule has 0 aliphatic heterocycles. The molecule has 4 nitrogen and oxygen atoms in total. The topological polar surface area (TPSA) is 54.6 Å². The van der Waals surface area contributed by atoms with Gasteiger partial charge in [-0.2, -0.15) is 0 Å². The number of aromatic nitrogens is 2. The van der Waals surface area contributed by atoms with Crippen LogP contribution >= 0.6 is 11.6 Å². The van der Waals surface area contributed by atoms with Crippen molar-refractivity contribution in [1.29, 1.82) is 0 Å². The Kier molecular flexibility index (Phi) is 2.36. The normalized spacial score (nSPS) is 12.9. The molecule has 0 spiro atoms. The van der Waals surface area contributed by atoms with Gasteiger partial charge in [-0.1, -0.05) is 11.6 Å². The van der Waals surface area contributed by atoms with E-state index in [9.17, 15) is 4.79 Å². The standard InChI is InChI=1S/C10H9ClN2O2/c1-6(10(14)15)8-4-12-9-3-2-7(11)5-13(8)9/h2-6H,1H3,(H,14,15). The van der Waals surface area contributed by atoms with Gasteiger partial charge >= 0.3 is 5.97 Å². The summed E-state index contributed by atoms with van der Waals surface area (Å²) in [4.78, 5) is 15.0. The van der Waals surface area contributed by atoms with Crippen LogP contribution in [0, 0.1) is 0 Å². The van der Waals surface area contributed by atoms with Gasteiger partial charge in [0.15, 0.2) is 0 Å². The maximum absolute atomic E-state index is 10.9. The van der Waals surface area contributed by atoms with Crippen molar-refractivity contribution in [3.05, 3.63) is 35.2 Å². The molecule has 0 aliphatic rings. The Morgan fingerprint density at radius 1 is 1.60 bits per heavy atom. The molecular formula is C10H9ClN2O2. The summed E-state index contributed by atoms with van der Waals surface area (Å²) >= 11 is 5.84. The summed E-state index contributed by atoms with van der Waals surface area (Å²) < 4.78 is 1.70. The van der Waals surface area contributed by atoms with Crippen LogP contribution in [0.25, 0.3) is 5.65 Å². The molecule has 1 unspecified atom stereocenters. The second kappa shape index (κ2) is 3.55. The zero-order valence-corrected chi connectivity index (χ0v) is 8.77. The van der Waals surface area contributed by atoms with E-state index in [2.05, 4.69) is 4.98 Å². The number of nitrogens with zero attached hydrogens (tertiary/aromatic N) is 2. The molecule has 0 saturated heterocycles. The first-order valence-corrected chi connectivity index (χ1v) is 4.82. The zero-order chi connectivity index (χ0) is 11.0. The fourth-order valence-electron chi connectivity index (χ4n) is 1.42. The third-order valence-electron chi connectivity index (χ3n) is 2.31. The molecule has 0 saturated carbocycles. The Morgan fingerprint density at radius 2 is 2.33 bits per heavy atom. The van der Waals surface area contributed by atoms with E-state index in [1.54, 1.807) is 35.9 Å². The SMILES string of the molecule is CC(C(=O)O)c1cnc2ccc(Cl)cn12. The van der Waals surface area contributed by atoms with Crippen LogP contribution in [0.3, 0.4) is 0 Å². The van der Waals surface area contributed by atoms with Crippen LogP contribution in [0.15, 0.2) is 24.5 Å². The van der Waals surface area contributed by atoms with Gasteiger partial charge in [-0.3, -0.25) is 4.79 Å². The molecule has 2 heterocycles. The van der Waals surface area contributed by atoms with Crippen LogP contribution in [-0.2, 0) is 4.79 Å². The largest absolute Gasteiger partial charge is 0.481 e. The number of carboxylic acids is 1. The van der Waals surface area contributed by atoms with Crippen molar-refractivity contribution in [3.63, 3.8) is 0 Å². The van der Waals surface area contributed by atoms with E-state index in [0.717, 1.165) is 0 Å². The summed E-state index contributed by atoms with van der Waals surface area (Å²) in [6.07, 6.45) is 3.23. The van der Waals surface area contributed by atoms with Crippen LogP contribution in [0.2, 0.25) is 5.02 Å². The first-order valence-electron chi connectivity index (χ1n) is 4.45. The first kappa shape index (κ1) is 9.98. The lowest BCUT2D eigenvalue weighted by molar-refractivity contribution is -0.138. The van der Waals surface area contributed by atoms with Crippen molar-refractivity contribution in [2.45, 2.75) is 12.8 Å². The van der Waals surface area contributed by atoms with Crippen LogP contribution in [-0.4, -0.2) is 20.5 Å². The number of carboxylic acid groups (broad SMARTS) is 1. The molecule has 2 aromatic heterocycles. The van der Waals surface area contributed by atoms with Gasteiger partial charge in [0.25, 0.3) is 0 Å². The minimum absolute atomic E-state index is 0.555. The lowest BCUT2D eigenvalue weighted by Crippen LogP contribution is -2.09. The highest BCUT2D eigenvalue weighted by Gasteiger charge is 2.17. The monoisotopic (exact) mass is 224 g/mol. The smallest absolute Gasteiger partial charge is 0.312 e. The molecule has 15 heavy (non-hydrogen) atoms. The predicted octanol–water partition coefficient (Wildman–Crippen LogP) is 2.18. The number of hydrogen-bond donors (Lipinski definition) is 1. The predicted molar refractivity (Wildman–Crippen MR) is 56.3 cm³/mol. The van der Waals surface area contributed by atoms with Crippen molar-refractivity contribution >= 4 is 23.2 Å². The third-order valence-corrected chi connectivity index (χ3v) is 2.54. The Balaban J connectivity index is 2.61. The molecule has 5 heteroatoms. The summed E-state index contributed by atoms with van der Waals surface area (Å²) in [5.41, 5.74) is 1.32. The molecule has 2 rings (SSSR count). The summed E-state index contributed by atoms with van der Waals surface area (Å²) in [6, 6.07) is 3.47. The fraction of sp³-hybridized carbons (Fsp3) is 0.200. The summed E-state index contributed by atoms with van der Waals surface area (Å²) in [7, 11) is 0. The van der Waals surface area contributed by atoms with Crippen LogP contribution < -0.4 is 0 Å². The minimum atomic E-state index is -0.878. The fourth-order valence-corrected chi connectivity index (χ4v) is 1.58. The van der Waals surface area contributed by atoms with Crippen molar-refractivity contribution in [1.82, 2.24) is 9.38 Å². The molecule has 1 atom stereocenters. The maximum Gasteiger partial charge on any atom is 0.312 e. The van der Waals surface area contributed by atoms with E-state index in [-0.39, 0.29) is 0 Å². The second-order valence-corrected chi connectivity index (χ2v) is 3.75. The minimum Gasteiger partial charge on any atom is -0.481 e. The van der Waals surface area contributed by atoms with Crippen molar-refractivity contribution in [3.8, 4) is 0 Å². The molecule has 78 valence electrons. The van der Waals surface area contributed by atoms with Crippen molar-refractivity contribution < 1.29 is 9.90 Å². The Morgan fingerprint density at radius 3 is 3.00 bits per heavy atom. The van der Waals surface area contributed by atoms with Crippen molar-refractivity contribution in [2.24, 2.45) is 0 Å². The number of imidazole rings is 1. The third kappa shape index (κ3) is 1.68. The number of carbonyl (C=O) groups is 1. The average molecular weight is 225 g/mol. The molecule has 0 aliphatic carbocycles. The van der Waals surface area contributed by atoms with E-state index >= 15 is 0 Å². The van der Waals surface area contributed by atoms with Gasteiger partial charge in [0.1, 0.15) is 5.65 Å². The quantitative estimate of drug-likeness (QED) is 0.851. The molecule has 0 aromatic carbocycles. The number of hydrogen-bond acceptors (Lipinski definition) is 2. The van der Waals surface area contributed by atoms with E-state index < -0.39 is 11.9 Å². The Labute approximate surface area is 91.1 Å². The van der Waals surface area contributed by atoms with Gasteiger partial charge in [-0.15, -0.1) is 0 Å². The summed E-state index contributed by atoms with van der Waals surface area (Å²) in [6.45, 7) is 1.62. The molecule has 0 amide bonds. The molecule has 0 bridgehead atoms. The molecule has 2 aromatic rings. The summed E-state index contributed by atoms with van der Waals surface area (Å²) in [5.74, 6) is -1.48. The van der Waals surface area contributed by atoms with Gasteiger partial charge in [0.05, 0.1) is 22.8 Å². The van der Waals surface area contributed by atoms with Gasteiger partial charge < -0.3 is 9.51 Å². The van der Waals surface area contributed by atoms with Crippen LogP contribution in [0.4, 0.5) is 0 Å². The van der Waals surface area contributed by atoms with Gasteiger partial charge in [-0.05, 0) is 19.1 Å². The Hall–Kier alpha value is -1.55. The summed E-state index contributed by atoms with van der Waals surface area (Å²) in [5, 5.41) is 9.46. The van der Waals surface area contributed by atoms with Crippen LogP contribution in [0.1, 0.15) is 18.5 Å². The van der Waals surface area contributed by atoms with Crippen LogP contribution in [0.5, 0.6) is 0 Å². The zero-order valence-electron chi connectivity index (χ0n) is 8.01. The van der Waals surface area contributed by atoms with Gasteiger partial charge in [0, 0.05) is 6.20 Å². The highest BCUT2D eigenvalue weighted by molar-refractivity contribution is 6.30. The van der Waals surface area contributed by atoms with E-state index in [1.165, 1.54) is 0 Å².